The van der Waals surface area contributed by atoms with Crippen LogP contribution in [-0.4, -0.2) is 60.5 Å². The van der Waals surface area contributed by atoms with Crippen LogP contribution >= 0.6 is 23.2 Å². The van der Waals surface area contributed by atoms with Crippen LogP contribution in [0.3, 0.4) is 0 Å². The van der Waals surface area contributed by atoms with E-state index in [2.05, 4.69) is 5.32 Å². The average Bonchev–Trinajstić information content (AvgIpc) is 2.65. The summed E-state index contributed by atoms with van der Waals surface area (Å²) in [6.07, 6.45) is -0.0596. The molecule has 1 atom stereocenters. The summed E-state index contributed by atoms with van der Waals surface area (Å²) in [5, 5.41) is 11.7. The van der Waals surface area contributed by atoms with Crippen molar-refractivity contribution < 1.29 is 24.2 Å². The van der Waals surface area contributed by atoms with E-state index in [0.717, 1.165) is 11.3 Å². The van der Waals surface area contributed by atoms with Crippen molar-refractivity contribution in [1.29, 1.82) is 0 Å². The van der Waals surface area contributed by atoms with Crippen molar-refractivity contribution in [3.63, 3.8) is 0 Å². The number of hydrogen-bond acceptors (Lipinski definition) is 5. The van der Waals surface area contributed by atoms with Crippen molar-refractivity contribution in [2.75, 3.05) is 36.4 Å². The van der Waals surface area contributed by atoms with Crippen molar-refractivity contribution in [2.45, 2.75) is 32.2 Å². The number of carboxylic acids is 1. The lowest BCUT2D eigenvalue weighted by molar-refractivity contribution is -0.145. The topological polar surface area (TPSA) is 95.9 Å². The first-order valence-electron chi connectivity index (χ1n) is 9.04. The van der Waals surface area contributed by atoms with E-state index in [1.54, 1.807) is 19.1 Å². The molecule has 0 heterocycles. The van der Waals surface area contributed by atoms with Gasteiger partial charge in [0.1, 0.15) is 6.04 Å². The number of esters is 1. The summed E-state index contributed by atoms with van der Waals surface area (Å²) in [5.74, 6) is -1.16. The van der Waals surface area contributed by atoms with Crippen LogP contribution in [0.25, 0.3) is 0 Å². The maximum absolute atomic E-state index is 12.2. The second-order valence-corrected chi connectivity index (χ2v) is 6.77. The van der Waals surface area contributed by atoms with Crippen LogP contribution in [-0.2, 0) is 25.5 Å². The van der Waals surface area contributed by atoms with Gasteiger partial charge in [0.25, 0.3) is 0 Å². The molecular weight excluding hydrogens is 407 g/mol. The van der Waals surface area contributed by atoms with E-state index in [4.69, 9.17) is 27.9 Å². The Morgan fingerprint density at radius 3 is 2.25 bits per heavy atom. The van der Waals surface area contributed by atoms with Gasteiger partial charge in [-0.15, -0.1) is 23.2 Å². The van der Waals surface area contributed by atoms with Crippen molar-refractivity contribution in [3.05, 3.63) is 29.8 Å². The van der Waals surface area contributed by atoms with E-state index in [1.165, 1.54) is 0 Å². The summed E-state index contributed by atoms with van der Waals surface area (Å²) in [7, 11) is 0. The molecule has 1 amide bonds. The highest BCUT2D eigenvalue weighted by Crippen LogP contribution is 2.16. The maximum atomic E-state index is 12.2. The summed E-state index contributed by atoms with van der Waals surface area (Å²) >= 11 is 11.6. The molecule has 0 aliphatic heterocycles. The summed E-state index contributed by atoms with van der Waals surface area (Å²) < 4.78 is 4.77. The molecule has 0 bridgehead atoms. The molecule has 0 aliphatic rings. The number of carbonyl (C=O) groups excluding carboxylic acids is 2. The third-order valence-electron chi connectivity index (χ3n) is 3.95. The molecule has 7 nitrogen and oxygen atoms in total. The van der Waals surface area contributed by atoms with Crippen LogP contribution in [0.1, 0.15) is 25.3 Å². The number of carbonyl (C=O) groups is 3. The molecule has 1 aromatic rings. The smallest absolute Gasteiger partial charge is 0.326 e. The average molecular weight is 433 g/mol. The predicted octanol–water partition coefficient (Wildman–Crippen LogP) is 2.43. The molecule has 0 spiro atoms. The fraction of sp³-hybridized carbons (Fsp3) is 0.526. The van der Waals surface area contributed by atoms with Gasteiger partial charge < -0.3 is 20.1 Å². The van der Waals surface area contributed by atoms with Gasteiger partial charge in [-0.3, -0.25) is 9.59 Å². The van der Waals surface area contributed by atoms with E-state index < -0.39 is 23.9 Å². The largest absolute Gasteiger partial charge is 0.480 e. The molecule has 1 aromatic carbocycles. The van der Waals surface area contributed by atoms with Gasteiger partial charge in [0.2, 0.25) is 5.91 Å². The highest BCUT2D eigenvalue weighted by atomic mass is 35.5. The zero-order valence-electron chi connectivity index (χ0n) is 15.8. The third-order valence-corrected chi connectivity index (χ3v) is 4.29. The number of ether oxygens (including phenoxy) is 1. The lowest BCUT2D eigenvalue weighted by Gasteiger charge is -2.23. The normalized spacial score (nSPS) is 11.5. The Balaban J connectivity index is 2.62. The number of amides is 1. The van der Waals surface area contributed by atoms with Crippen LogP contribution in [0.15, 0.2) is 24.3 Å². The number of halogens is 2. The number of benzene rings is 1. The molecule has 9 heteroatoms. The van der Waals surface area contributed by atoms with Crippen LogP contribution in [0.2, 0.25) is 0 Å². The molecule has 0 saturated heterocycles. The van der Waals surface area contributed by atoms with E-state index in [0.29, 0.717) is 24.8 Å². The third kappa shape index (κ3) is 8.80. The first-order valence-corrected chi connectivity index (χ1v) is 10.1. The predicted molar refractivity (Wildman–Crippen MR) is 109 cm³/mol. The van der Waals surface area contributed by atoms with Gasteiger partial charge in [0.05, 0.1) is 13.0 Å². The number of rotatable bonds is 13. The second-order valence-electron chi connectivity index (χ2n) is 6.01. The molecule has 0 radical (unpaired) electrons. The van der Waals surface area contributed by atoms with E-state index in [9.17, 15) is 19.5 Å². The first-order chi connectivity index (χ1) is 13.4. The number of anilines is 1. The Morgan fingerprint density at radius 2 is 1.75 bits per heavy atom. The zero-order chi connectivity index (χ0) is 20.9. The molecule has 156 valence electrons. The quantitative estimate of drug-likeness (QED) is 0.367. The Hall–Kier alpha value is -1.99. The van der Waals surface area contributed by atoms with Crippen LogP contribution in [0.5, 0.6) is 0 Å². The first kappa shape index (κ1) is 24.0. The monoisotopic (exact) mass is 432 g/mol. The number of nitrogens with zero attached hydrogens (tertiary/aromatic N) is 1. The standard InChI is InChI=1S/C19H26Cl2N2O5/c1-2-28-18(25)8-7-16(19(26)27)22-17(24)13-14-3-5-15(6-4-14)23(11-9-20)12-10-21/h3-6,16H,2,7-13H2,1H3,(H,22,24)(H,26,27). The van der Waals surface area contributed by atoms with Crippen LogP contribution in [0, 0.1) is 0 Å². The summed E-state index contributed by atoms with van der Waals surface area (Å²) in [4.78, 5) is 36.9. The van der Waals surface area contributed by atoms with Gasteiger partial charge in [0, 0.05) is 37.0 Å². The lowest BCUT2D eigenvalue weighted by atomic mass is 10.1. The summed E-state index contributed by atoms with van der Waals surface area (Å²) in [5.41, 5.74) is 1.69. The van der Waals surface area contributed by atoms with Crippen LogP contribution < -0.4 is 10.2 Å². The second kappa shape index (κ2) is 13.2. The minimum Gasteiger partial charge on any atom is -0.480 e. The molecule has 1 rings (SSSR count). The van der Waals surface area contributed by atoms with Gasteiger partial charge in [-0.25, -0.2) is 4.79 Å². The zero-order valence-corrected chi connectivity index (χ0v) is 17.3. The van der Waals surface area contributed by atoms with Crippen molar-refractivity contribution >= 4 is 46.7 Å². The Labute approximate surface area is 174 Å². The number of aliphatic carboxylic acids is 1. The fourth-order valence-electron chi connectivity index (χ4n) is 2.58. The summed E-state index contributed by atoms with van der Waals surface area (Å²) in [6, 6.07) is 6.21. The SMILES string of the molecule is CCOC(=O)CCC(NC(=O)Cc1ccc(N(CCCl)CCCl)cc1)C(=O)O. The Bertz CT molecular complexity index is 634. The van der Waals surface area contributed by atoms with Gasteiger partial charge in [-0.05, 0) is 31.0 Å². The van der Waals surface area contributed by atoms with E-state index >= 15 is 0 Å². The molecule has 28 heavy (non-hydrogen) atoms. The van der Waals surface area contributed by atoms with Gasteiger partial charge in [-0.2, -0.15) is 0 Å². The van der Waals surface area contributed by atoms with Crippen LogP contribution in [0.4, 0.5) is 5.69 Å². The highest BCUT2D eigenvalue weighted by molar-refractivity contribution is 6.18. The van der Waals surface area contributed by atoms with Crippen molar-refractivity contribution in [1.82, 2.24) is 5.32 Å². The van der Waals surface area contributed by atoms with Crippen molar-refractivity contribution in [3.8, 4) is 0 Å². The summed E-state index contributed by atoms with van der Waals surface area (Å²) in [6.45, 7) is 3.22. The molecule has 0 aromatic heterocycles. The van der Waals surface area contributed by atoms with E-state index in [1.807, 2.05) is 17.0 Å². The highest BCUT2D eigenvalue weighted by Gasteiger charge is 2.21. The fourth-order valence-corrected chi connectivity index (χ4v) is 2.99. The van der Waals surface area contributed by atoms with E-state index in [-0.39, 0.29) is 25.9 Å². The maximum Gasteiger partial charge on any atom is 0.326 e. The molecular formula is C19H26Cl2N2O5. The Kier molecular flexibility index (Phi) is 11.4. The van der Waals surface area contributed by atoms with Gasteiger partial charge >= 0.3 is 11.9 Å². The lowest BCUT2D eigenvalue weighted by Crippen LogP contribution is -2.41. The Morgan fingerprint density at radius 1 is 1.14 bits per heavy atom. The molecule has 0 aliphatic carbocycles. The molecule has 0 fully saturated rings. The molecule has 1 unspecified atom stereocenters. The van der Waals surface area contributed by atoms with Gasteiger partial charge in [0.15, 0.2) is 0 Å². The van der Waals surface area contributed by atoms with Crippen molar-refractivity contribution in [2.24, 2.45) is 0 Å². The number of nitrogens with one attached hydrogen (secondary N) is 1. The van der Waals surface area contributed by atoms with Gasteiger partial charge in [-0.1, -0.05) is 12.1 Å². The number of hydrogen-bond donors (Lipinski definition) is 2. The molecule has 0 saturated carbocycles. The minimum absolute atomic E-state index is 0.0232. The minimum atomic E-state index is -1.19. The molecule has 2 N–H and O–H groups in total. The number of alkyl halides is 2. The number of carboxylic acid groups (broad SMARTS) is 1.